The lowest BCUT2D eigenvalue weighted by molar-refractivity contribution is -0.129. The van der Waals surface area contributed by atoms with Gasteiger partial charge in [0.25, 0.3) is 0 Å². The van der Waals surface area contributed by atoms with E-state index in [9.17, 15) is 9.90 Å². The first-order valence-corrected chi connectivity index (χ1v) is 5.56. The van der Waals surface area contributed by atoms with Gasteiger partial charge in [0, 0.05) is 33.6 Å². The normalized spacial score (nSPS) is 27.7. The number of hydrogen-bond acceptors (Lipinski definition) is 3. The SMILES string of the molecule is CN(C)C(=O)CCN1CCCC(C)(O)C1. The number of piperidine rings is 1. The van der Waals surface area contributed by atoms with Crippen LogP contribution in [0, 0.1) is 0 Å². The van der Waals surface area contributed by atoms with Gasteiger partial charge in [-0.2, -0.15) is 0 Å². The van der Waals surface area contributed by atoms with Crippen LogP contribution in [0.25, 0.3) is 0 Å². The summed E-state index contributed by atoms with van der Waals surface area (Å²) >= 11 is 0. The van der Waals surface area contributed by atoms with Crippen LogP contribution in [0.4, 0.5) is 0 Å². The number of rotatable bonds is 3. The molecule has 1 saturated heterocycles. The molecule has 4 nitrogen and oxygen atoms in total. The van der Waals surface area contributed by atoms with Crippen LogP contribution in [-0.4, -0.2) is 60.1 Å². The fraction of sp³-hybridized carbons (Fsp3) is 0.909. The molecule has 1 amide bonds. The van der Waals surface area contributed by atoms with Gasteiger partial charge in [-0.3, -0.25) is 9.69 Å². The Balaban J connectivity index is 2.30. The van der Waals surface area contributed by atoms with Crippen LogP contribution in [0.2, 0.25) is 0 Å². The number of nitrogens with zero attached hydrogens (tertiary/aromatic N) is 2. The molecule has 15 heavy (non-hydrogen) atoms. The Hall–Kier alpha value is -0.610. The molecule has 0 aliphatic carbocycles. The fourth-order valence-electron chi connectivity index (χ4n) is 1.99. The predicted molar refractivity (Wildman–Crippen MR) is 59.6 cm³/mol. The van der Waals surface area contributed by atoms with E-state index in [4.69, 9.17) is 0 Å². The first-order valence-electron chi connectivity index (χ1n) is 5.56. The largest absolute Gasteiger partial charge is 0.389 e. The average Bonchev–Trinajstić information content (AvgIpc) is 2.12. The quantitative estimate of drug-likeness (QED) is 0.735. The van der Waals surface area contributed by atoms with Crippen LogP contribution in [0.5, 0.6) is 0 Å². The van der Waals surface area contributed by atoms with Crippen molar-refractivity contribution in [2.45, 2.75) is 31.8 Å². The Labute approximate surface area is 91.9 Å². The molecule has 4 heteroatoms. The number of amides is 1. The van der Waals surface area contributed by atoms with Gasteiger partial charge in [0.1, 0.15) is 0 Å². The van der Waals surface area contributed by atoms with E-state index in [0.717, 1.165) is 25.9 Å². The van der Waals surface area contributed by atoms with E-state index < -0.39 is 5.60 Å². The number of aliphatic hydroxyl groups is 1. The maximum atomic E-state index is 11.4. The van der Waals surface area contributed by atoms with Gasteiger partial charge in [-0.15, -0.1) is 0 Å². The van der Waals surface area contributed by atoms with Crippen LogP contribution in [0.3, 0.4) is 0 Å². The third kappa shape index (κ3) is 4.18. The highest BCUT2D eigenvalue weighted by Gasteiger charge is 2.28. The van der Waals surface area contributed by atoms with Gasteiger partial charge >= 0.3 is 0 Å². The lowest BCUT2D eigenvalue weighted by atomic mass is 9.95. The first-order chi connectivity index (χ1) is 6.91. The summed E-state index contributed by atoms with van der Waals surface area (Å²) in [6.45, 7) is 4.31. The van der Waals surface area contributed by atoms with Crippen molar-refractivity contribution in [1.82, 2.24) is 9.80 Å². The molecule has 0 aromatic rings. The molecule has 88 valence electrons. The van der Waals surface area contributed by atoms with E-state index in [0.29, 0.717) is 13.0 Å². The highest BCUT2D eigenvalue weighted by Crippen LogP contribution is 2.20. The highest BCUT2D eigenvalue weighted by atomic mass is 16.3. The Morgan fingerprint density at radius 1 is 1.53 bits per heavy atom. The van der Waals surface area contributed by atoms with Crippen molar-refractivity contribution in [3.63, 3.8) is 0 Å². The van der Waals surface area contributed by atoms with Crippen molar-refractivity contribution >= 4 is 5.91 Å². The average molecular weight is 214 g/mol. The van der Waals surface area contributed by atoms with Crippen LogP contribution >= 0.6 is 0 Å². The topological polar surface area (TPSA) is 43.8 Å². The number of β-amino-alcohol motifs (C(OH)–C–C–N with tert-alkyl or cyclic N) is 1. The molecule has 0 radical (unpaired) electrons. The van der Waals surface area contributed by atoms with E-state index in [1.54, 1.807) is 19.0 Å². The molecule has 1 N–H and O–H groups in total. The molecule has 1 aliphatic rings. The summed E-state index contributed by atoms with van der Waals surface area (Å²) in [4.78, 5) is 15.2. The van der Waals surface area contributed by atoms with E-state index in [-0.39, 0.29) is 5.91 Å². The molecule has 0 bridgehead atoms. The number of carbonyl (C=O) groups excluding carboxylic acids is 1. The second-order valence-electron chi connectivity index (χ2n) is 4.91. The zero-order chi connectivity index (χ0) is 11.5. The van der Waals surface area contributed by atoms with Gasteiger partial charge in [0.15, 0.2) is 0 Å². The molecule has 1 fully saturated rings. The lowest BCUT2D eigenvalue weighted by Crippen LogP contribution is -2.46. The standard InChI is InChI=1S/C11H22N2O2/c1-11(15)6-4-7-13(9-11)8-5-10(14)12(2)3/h15H,4-9H2,1-3H3. The Bertz CT molecular complexity index is 227. The third-order valence-electron chi connectivity index (χ3n) is 2.89. The first kappa shape index (κ1) is 12.5. The molecular formula is C11H22N2O2. The van der Waals surface area contributed by atoms with Crippen LogP contribution < -0.4 is 0 Å². The molecule has 0 aromatic heterocycles. The minimum absolute atomic E-state index is 0.153. The molecule has 0 aromatic carbocycles. The summed E-state index contributed by atoms with van der Waals surface area (Å²) in [7, 11) is 3.55. The Morgan fingerprint density at radius 2 is 2.20 bits per heavy atom. The zero-order valence-corrected chi connectivity index (χ0v) is 9.99. The number of carbonyl (C=O) groups is 1. The summed E-state index contributed by atoms with van der Waals surface area (Å²) in [5.41, 5.74) is -0.570. The zero-order valence-electron chi connectivity index (χ0n) is 9.99. The minimum atomic E-state index is -0.570. The maximum absolute atomic E-state index is 11.4. The third-order valence-corrected chi connectivity index (χ3v) is 2.89. The van der Waals surface area contributed by atoms with E-state index >= 15 is 0 Å². The molecule has 1 heterocycles. The van der Waals surface area contributed by atoms with Crippen LogP contribution in [0.15, 0.2) is 0 Å². The maximum Gasteiger partial charge on any atom is 0.223 e. The van der Waals surface area contributed by atoms with Gasteiger partial charge in [0.05, 0.1) is 5.60 Å². The van der Waals surface area contributed by atoms with Crippen molar-refractivity contribution < 1.29 is 9.90 Å². The lowest BCUT2D eigenvalue weighted by Gasteiger charge is -2.36. The molecule has 0 saturated carbocycles. The van der Waals surface area contributed by atoms with Gasteiger partial charge in [-0.1, -0.05) is 0 Å². The van der Waals surface area contributed by atoms with Crippen molar-refractivity contribution in [3.8, 4) is 0 Å². The fourth-order valence-corrected chi connectivity index (χ4v) is 1.99. The van der Waals surface area contributed by atoms with Crippen molar-refractivity contribution in [2.75, 3.05) is 33.7 Å². The summed E-state index contributed by atoms with van der Waals surface area (Å²) in [6.07, 6.45) is 2.43. The minimum Gasteiger partial charge on any atom is -0.389 e. The number of likely N-dealkylation sites (tertiary alicyclic amines) is 1. The van der Waals surface area contributed by atoms with E-state index in [2.05, 4.69) is 4.90 Å². The van der Waals surface area contributed by atoms with Crippen molar-refractivity contribution in [2.24, 2.45) is 0 Å². The number of hydrogen-bond donors (Lipinski definition) is 1. The van der Waals surface area contributed by atoms with Gasteiger partial charge in [0.2, 0.25) is 5.91 Å². The molecule has 1 rings (SSSR count). The molecule has 0 spiro atoms. The van der Waals surface area contributed by atoms with E-state index in [1.807, 2.05) is 6.92 Å². The second kappa shape index (κ2) is 4.94. The van der Waals surface area contributed by atoms with Crippen molar-refractivity contribution in [3.05, 3.63) is 0 Å². The van der Waals surface area contributed by atoms with E-state index in [1.165, 1.54) is 0 Å². The van der Waals surface area contributed by atoms with Crippen LogP contribution in [0.1, 0.15) is 26.2 Å². The Kier molecular flexibility index (Phi) is 4.11. The summed E-state index contributed by atoms with van der Waals surface area (Å²) < 4.78 is 0. The molecular weight excluding hydrogens is 192 g/mol. The molecule has 1 unspecified atom stereocenters. The van der Waals surface area contributed by atoms with Crippen molar-refractivity contribution in [1.29, 1.82) is 0 Å². The van der Waals surface area contributed by atoms with Gasteiger partial charge in [-0.05, 0) is 26.3 Å². The van der Waals surface area contributed by atoms with Crippen LogP contribution in [-0.2, 0) is 4.79 Å². The second-order valence-corrected chi connectivity index (χ2v) is 4.91. The smallest absolute Gasteiger partial charge is 0.223 e. The van der Waals surface area contributed by atoms with Gasteiger partial charge in [-0.25, -0.2) is 0 Å². The molecule has 1 atom stereocenters. The van der Waals surface area contributed by atoms with Gasteiger partial charge < -0.3 is 10.0 Å². The summed E-state index contributed by atoms with van der Waals surface area (Å²) in [5, 5.41) is 9.88. The Morgan fingerprint density at radius 3 is 2.73 bits per heavy atom. The summed E-state index contributed by atoms with van der Waals surface area (Å²) in [5.74, 6) is 0.153. The highest BCUT2D eigenvalue weighted by molar-refractivity contribution is 5.75. The monoisotopic (exact) mass is 214 g/mol. The molecule has 1 aliphatic heterocycles. The summed E-state index contributed by atoms with van der Waals surface area (Å²) in [6, 6.07) is 0. The predicted octanol–water partition coefficient (Wildman–Crippen LogP) is 0.311.